The van der Waals surface area contributed by atoms with Crippen molar-refractivity contribution in [3.63, 3.8) is 0 Å². The second-order valence-electron chi connectivity index (χ2n) is 20.7. The van der Waals surface area contributed by atoms with Crippen LogP contribution in [0.4, 0.5) is 4.79 Å². The number of aryl methyl sites for hydroxylation is 1. The third kappa shape index (κ3) is 11.5. The van der Waals surface area contributed by atoms with Gasteiger partial charge in [-0.1, -0.05) is 52.0 Å². The molecular weight excluding hydrogens is 1010 g/mol. The molecule has 78 heavy (non-hydrogen) atoms. The summed E-state index contributed by atoms with van der Waals surface area (Å²) in [6, 6.07) is 6.68. The van der Waals surface area contributed by atoms with Crippen LogP contribution in [0, 0.1) is 11.8 Å². The zero-order valence-corrected chi connectivity index (χ0v) is 45.4. The van der Waals surface area contributed by atoms with Crippen LogP contribution in [0.2, 0.25) is 0 Å². The first-order chi connectivity index (χ1) is 37.2. The maximum atomic E-state index is 14.3. The number of aromatic nitrogens is 2. The van der Waals surface area contributed by atoms with Crippen molar-refractivity contribution in [3.8, 4) is 17.1 Å². The first kappa shape index (κ1) is 57.3. The highest BCUT2D eigenvalue weighted by molar-refractivity contribution is 6.23. The van der Waals surface area contributed by atoms with E-state index >= 15 is 0 Å². The number of aliphatic hydroxyl groups excluding tert-OH is 2. The number of esters is 1. The standard InChI is InChI=1S/C57H71N7O14/c1-9-35-36-25-34(65)14-15-41(36)60-47-38(35)28-64-43(47)26-40-39(53(64)70)29-76-54(71)57(40,10-2)78-56(73)63-20-18-62(19-21-63)17-16-59-48-37-22-30(3)23-46(75-8)49(67)32(5)24-33(6)51(77-55(58)72)45(74-7)13-11-12-31(4)52(69)61-42(50(37)68)27-44(48)66/h11-15,24-27,30,32,45-46,49,51,55,59,65,67,72H,9-10,16-23,28-29,58H2,1-8H3,(H,61,69)/b13-11-,31-12+,33-24+/t30-,32+,45+,46+,49+,51+,55?,57+/m1/s1. The van der Waals surface area contributed by atoms with Gasteiger partial charge >= 0.3 is 12.1 Å². The van der Waals surface area contributed by atoms with E-state index in [1.165, 1.54) is 25.2 Å². The van der Waals surface area contributed by atoms with Crippen molar-refractivity contribution in [1.82, 2.24) is 30.0 Å². The van der Waals surface area contributed by atoms with Gasteiger partial charge in [-0.2, -0.15) is 0 Å². The van der Waals surface area contributed by atoms with Crippen molar-refractivity contribution in [2.75, 3.05) is 53.5 Å². The van der Waals surface area contributed by atoms with Crippen molar-refractivity contribution >= 4 is 40.4 Å². The van der Waals surface area contributed by atoms with E-state index < -0.39 is 71.9 Å². The summed E-state index contributed by atoms with van der Waals surface area (Å²) in [7, 11) is 2.93. The molecule has 8 atom stereocenters. The van der Waals surface area contributed by atoms with Crippen molar-refractivity contribution in [1.29, 1.82) is 0 Å². The number of pyridine rings is 2. The average molecular weight is 1080 g/mol. The van der Waals surface area contributed by atoms with Gasteiger partial charge in [0, 0.05) is 93.1 Å². The Labute approximate surface area is 452 Å². The Balaban J connectivity index is 0.962. The third-order valence-electron chi connectivity index (χ3n) is 15.6. The fourth-order valence-electron chi connectivity index (χ4n) is 11.2. The number of ketones is 2. The number of amides is 2. The Morgan fingerprint density at radius 3 is 2.46 bits per heavy atom. The van der Waals surface area contributed by atoms with Crippen LogP contribution >= 0.6 is 0 Å². The lowest BCUT2D eigenvalue weighted by Crippen LogP contribution is -2.54. The average Bonchev–Trinajstić information content (AvgIpc) is 3.84. The number of carbonyl (C=O) groups excluding carboxylic acids is 5. The number of rotatable bonds is 11. The van der Waals surface area contributed by atoms with Crippen LogP contribution in [0.3, 0.4) is 0 Å². The van der Waals surface area contributed by atoms with E-state index in [1.54, 1.807) is 74.8 Å². The van der Waals surface area contributed by atoms with Gasteiger partial charge in [0.25, 0.3) is 11.5 Å². The molecule has 7 N–H and O–H groups in total. The molecule has 0 spiro atoms. The second kappa shape index (κ2) is 24.0. The van der Waals surface area contributed by atoms with Crippen molar-refractivity contribution in [2.45, 2.75) is 117 Å². The fourth-order valence-corrected chi connectivity index (χ4v) is 11.2. The largest absolute Gasteiger partial charge is 0.508 e. The van der Waals surface area contributed by atoms with Crippen LogP contribution in [0.15, 0.2) is 87.6 Å². The summed E-state index contributed by atoms with van der Waals surface area (Å²) in [5.41, 5.74) is 8.20. The number of fused-ring (bicyclic) bond motifs is 7. The Morgan fingerprint density at radius 2 is 1.78 bits per heavy atom. The van der Waals surface area contributed by atoms with Gasteiger partial charge in [0.2, 0.25) is 23.6 Å². The van der Waals surface area contributed by atoms with Crippen LogP contribution in [0.25, 0.3) is 22.3 Å². The zero-order chi connectivity index (χ0) is 56.3. The predicted octanol–water partition coefficient (Wildman–Crippen LogP) is 3.63. The summed E-state index contributed by atoms with van der Waals surface area (Å²) in [6.45, 7) is 12.5. The molecule has 3 aromatic rings. The summed E-state index contributed by atoms with van der Waals surface area (Å²) in [4.78, 5) is 92.5. The number of hydrogen-bond acceptors (Lipinski definition) is 18. The second-order valence-corrected chi connectivity index (χ2v) is 20.7. The topological polar surface area (TPSA) is 284 Å². The van der Waals surface area contributed by atoms with E-state index in [4.69, 9.17) is 34.4 Å². The number of nitrogens with zero attached hydrogens (tertiary/aromatic N) is 4. The maximum Gasteiger partial charge on any atom is 0.411 e. The first-order valence-electron chi connectivity index (χ1n) is 26.5. The number of phenolic OH excluding ortho intramolecular Hbond substituents is 1. The number of ether oxygens (including phenoxy) is 5. The summed E-state index contributed by atoms with van der Waals surface area (Å²) >= 11 is 0. The van der Waals surface area contributed by atoms with Gasteiger partial charge in [0.05, 0.1) is 52.6 Å². The van der Waals surface area contributed by atoms with Crippen LogP contribution in [-0.2, 0) is 68.0 Å². The molecule has 8 rings (SSSR count). The molecule has 0 radical (unpaired) electrons. The van der Waals surface area contributed by atoms with E-state index in [0.717, 1.165) is 22.6 Å². The molecule has 5 aliphatic rings. The monoisotopic (exact) mass is 1080 g/mol. The minimum Gasteiger partial charge on any atom is -0.508 e. The molecule has 21 nitrogen and oxygen atoms in total. The molecule has 418 valence electrons. The molecule has 4 aliphatic heterocycles. The van der Waals surface area contributed by atoms with E-state index in [9.17, 15) is 44.1 Å². The number of methoxy groups -OCH3 is 2. The quantitative estimate of drug-likeness (QED) is 0.0541. The van der Waals surface area contributed by atoms with Gasteiger partial charge in [0.1, 0.15) is 24.6 Å². The molecule has 6 heterocycles. The number of benzene rings is 1. The lowest BCUT2D eigenvalue weighted by atomic mass is 9.85. The number of cyclic esters (lactones) is 1. The number of aromatic hydroxyl groups is 1. The van der Waals surface area contributed by atoms with E-state index in [1.807, 2.05) is 13.8 Å². The molecule has 1 saturated heterocycles. The zero-order valence-electron chi connectivity index (χ0n) is 45.4. The summed E-state index contributed by atoms with van der Waals surface area (Å²) in [6.07, 6.45) is 2.76. The molecule has 1 unspecified atom stereocenters. The molecule has 2 aromatic heterocycles. The van der Waals surface area contributed by atoms with Crippen molar-refractivity contribution in [3.05, 3.63) is 115 Å². The Bertz CT molecular complexity index is 3090. The van der Waals surface area contributed by atoms with Crippen LogP contribution < -0.4 is 21.9 Å². The number of aliphatic hydroxyl groups is 2. The highest BCUT2D eigenvalue weighted by Crippen LogP contribution is 2.43. The number of nitrogens with one attached hydrogen (secondary N) is 2. The van der Waals surface area contributed by atoms with Crippen molar-refractivity contribution < 1.29 is 63.0 Å². The summed E-state index contributed by atoms with van der Waals surface area (Å²) in [5, 5.41) is 38.5. The van der Waals surface area contributed by atoms with Gasteiger partial charge in [0.15, 0.2) is 0 Å². The van der Waals surface area contributed by atoms with Crippen molar-refractivity contribution in [2.24, 2.45) is 17.6 Å². The van der Waals surface area contributed by atoms with E-state index in [0.29, 0.717) is 48.5 Å². The molecule has 2 amide bonds. The Hall–Kier alpha value is -6.85. The number of hydrogen-bond donors (Lipinski definition) is 6. The lowest BCUT2D eigenvalue weighted by Gasteiger charge is -2.39. The Kier molecular flexibility index (Phi) is 17.7. The highest BCUT2D eigenvalue weighted by atomic mass is 16.6. The van der Waals surface area contributed by atoms with Gasteiger partial charge in [-0.3, -0.25) is 29.8 Å². The smallest absolute Gasteiger partial charge is 0.411 e. The van der Waals surface area contributed by atoms with Gasteiger partial charge in [-0.25, -0.2) is 14.6 Å². The minimum absolute atomic E-state index is 0.00753. The maximum absolute atomic E-state index is 14.3. The lowest BCUT2D eigenvalue weighted by molar-refractivity contribution is -0.173. The molecule has 0 saturated carbocycles. The number of phenols is 1. The Morgan fingerprint density at radius 1 is 1.04 bits per heavy atom. The highest BCUT2D eigenvalue weighted by Gasteiger charge is 2.51. The number of carbonyl (C=O) groups is 5. The molecule has 1 aliphatic carbocycles. The molecule has 21 heteroatoms. The van der Waals surface area contributed by atoms with Crippen LogP contribution in [0.5, 0.6) is 5.75 Å². The SMILES string of the molecule is CCc1c2c(nc3ccc(O)cc13)-c1cc3c(c(=O)n1C2)COC(=O)[C@@]3(CC)OC(=O)N1CCN(CCNC2=C3C[C@@H](C)C[C@H](OC)[C@@H](O)[C@@H](C)/C=C(\C)[C@H](OC(N)O)[C@@H](OC)/C=C\C=C(/C)C(=O)NC(=CC2=O)C3=O)CC1. The first-order valence-corrected chi connectivity index (χ1v) is 26.5. The number of Topliss-reactive ketones (excluding diaryl/α,β-unsaturated/α-hetero) is 1. The minimum atomic E-state index is -1.91. The van der Waals surface area contributed by atoms with Gasteiger partial charge < -0.3 is 59.1 Å². The number of piperazine rings is 1. The van der Waals surface area contributed by atoms with Gasteiger partial charge in [-0.15, -0.1) is 0 Å². The normalized spacial score (nSPS) is 27.6. The molecular formula is C57H71N7O14. The number of nitrogens with two attached hydrogens (primary N) is 1. The van der Waals surface area contributed by atoms with Crippen LogP contribution in [-0.4, -0.2) is 149 Å². The van der Waals surface area contributed by atoms with Crippen LogP contribution in [0.1, 0.15) is 83.1 Å². The fraction of sp³-hybridized carbons (Fsp3) is 0.491. The number of allylic oxidation sites excluding steroid dienone is 4. The summed E-state index contributed by atoms with van der Waals surface area (Å²) < 4.78 is 30.5. The molecule has 1 aromatic carbocycles. The third-order valence-corrected chi connectivity index (χ3v) is 15.6. The van der Waals surface area contributed by atoms with E-state index in [-0.39, 0.29) is 103 Å². The molecule has 1 fully saturated rings. The summed E-state index contributed by atoms with van der Waals surface area (Å²) in [5.74, 6) is -3.16. The van der Waals surface area contributed by atoms with Gasteiger partial charge in [-0.05, 0) is 80.9 Å². The predicted molar refractivity (Wildman–Crippen MR) is 286 cm³/mol. The molecule has 2 bridgehead atoms. The van der Waals surface area contributed by atoms with E-state index in [2.05, 4.69) is 15.5 Å².